The van der Waals surface area contributed by atoms with Crippen LogP contribution < -0.4 is 10.5 Å². The summed E-state index contributed by atoms with van der Waals surface area (Å²) in [4.78, 5) is 27.9. The van der Waals surface area contributed by atoms with Crippen molar-refractivity contribution < 1.29 is 4.79 Å². The zero-order chi connectivity index (χ0) is 21.5. The molecule has 0 unspecified atom stereocenters. The summed E-state index contributed by atoms with van der Waals surface area (Å²) in [6.07, 6.45) is 0.882. The minimum Gasteiger partial charge on any atom is -0.311 e. The van der Waals surface area contributed by atoms with Crippen LogP contribution in [0.5, 0.6) is 0 Å². The molecule has 0 N–H and O–H groups in total. The number of amides is 1. The van der Waals surface area contributed by atoms with Gasteiger partial charge in [0.15, 0.2) is 5.16 Å². The average Bonchev–Trinajstić information content (AvgIpc) is 3.39. The summed E-state index contributed by atoms with van der Waals surface area (Å²) < 4.78 is 3.58. The largest absolute Gasteiger partial charge is 0.311 e. The highest BCUT2D eigenvalue weighted by molar-refractivity contribution is 7.99. The molecule has 0 radical (unpaired) electrons. The van der Waals surface area contributed by atoms with Gasteiger partial charge in [-0.2, -0.15) is 0 Å². The summed E-state index contributed by atoms with van der Waals surface area (Å²) in [5.74, 6) is 1.10. The maximum atomic E-state index is 13.1. The Balaban J connectivity index is 1.51. The predicted octanol–water partition coefficient (Wildman–Crippen LogP) is 3.38. The first kappa shape index (κ1) is 19.8. The Hall–Kier alpha value is -3.13. The summed E-state index contributed by atoms with van der Waals surface area (Å²) in [7, 11) is 0. The van der Waals surface area contributed by atoms with Crippen LogP contribution in [0.4, 0.5) is 5.69 Å². The fourth-order valence-corrected chi connectivity index (χ4v) is 4.97. The molecular formula is C23H23N5O2S. The minimum atomic E-state index is -0.0644. The normalized spacial score (nSPS) is 13.5. The van der Waals surface area contributed by atoms with Crippen LogP contribution in [0.3, 0.4) is 0 Å². The molecule has 0 spiro atoms. The van der Waals surface area contributed by atoms with Gasteiger partial charge in [0, 0.05) is 18.8 Å². The highest BCUT2D eigenvalue weighted by Crippen LogP contribution is 2.29. The quantitative estimate of drug-likeness (QED) is 0.451. The molecule has 0 bridgehead atoms. The molecule has 2 aromatic carbocycles. The number of carbonyl (C=O) groups excluding carboxylic acids is 1. The molecule has 8 heteroatoms. The second-order valence-electron chi connectivity index (χ2n) is 8.16. The Kier molecular flexibility index (Phi) is 5.02. The molecule has 3 heterocycles. The van der Waals surface area contributed by atoms with E-state index in [4.69, 9.17) is 0 Å². The lowest BCUT2D eigenvalue weighted by Crippen LogP contribution is -2.30. The van der Waals surface area contributed by atoms with E-state index in [1.807, 2.05) is 51.8 Å². The van der Waals surface area contributed by atoms with Crippen molar-refractivity contribution in [3.8, 4) is 0 Å². The van der Waals surface area contributed by atoms with E-state index in [-0.39, 0.29) is 23.1 Å². The van der Waals surface area contributed by atoms with E-state index in [2.05, 4.69) is 30.1 Å². The summed E-state index contributed by atoms with van der Waals surface area (Å²) in [5, 5.41) is 9.90. The number of para-hydroxylation sites is 2. The standard InChI is InChI=1S/C23H23N5O2S/c1-15(2)13-27-21(30)17-8-4-6-10-19(17)28-22(27)24-25-23(28)31-14-20(29)26-12-11-16-7-3-5-9-18(16)26/h3-10,15H,11-14H2,1-2H3. The van der Waals surface area contributed by atoms with Crippen LogP contribution in [0.1, 0.15) is 19.4 Å². The number of benzene rings is 2. The van der Waals surface area contributed by atoms with Crippen LogP contribution in [-0.2, 0) is 17.8 Å². The van der Waals surface area contributed by atoms with Crippen molar-refractivity contribution in [2.24, 2.45) is 5.92 Å². The monoisotopic (exact) mass is 433 g/mol. The fraction of sp³-hybridized carbons (Fsp3) is 0.304. The third-order valence-electron chi connectivity index (χ3n) is 5.54. The van der Waals surface area contributed by atoms with Gasteiger partial charge in [0.05, 0.1) is 16.7 Å². The molecule has 0 aliphatic carbocycles. The highest BCUT2D eigenvalue weighted by atomic mass is 32.2. The second-order valence-corrected chi connectivity index (χ2v) is 9.10. The maximum Gasteiger partial charge on any atom is 0.262 e. The van der Waals surface area contributed by atoms with E-state index in [1.165, 1.54) is 17.3 Å². The Morgan fingerprint density at radius 3 is 2.71 bits per heavy atom. The van der Waals surface area contributed by atoms with Gasteiger partial charge < -0.3 is 4.90 Å². The SMILES string of the molecule is CC(C)Cn1c(=O)c2ccccc2n2c(SCC(=O)N3CCc4ccccc43)nnc12. The summed E-state index contributed by atoms with van der Waals surface area (Å²) in [6.45, 7) is 5.39. The molecule has 1 amide bonds. The fourth-order valence-electron chi connectivity index (χ4n) is 4.16. The Morgan fingerprint density at radius 2 is 1.87 bits per heavy atom. The van der Waals surface area contributed by atoms with E-state index in [1.54, 1.807) is 4.57 Å². The lowest BCUT2D eigenvalue weighted by atomic mass is 10.2. The lowest BCUT2D eigenvalue weighted by Gasteiger charge is -2.17. The molecular weight excluding hydrogens is 410 g/mol. The molecule has 2 aromatic heterocycles. The van der Waals surface area contributed by atoms with E-state index < -0.39 is 0 Å². The van der Waals surface area contributed by atoms with Crippen molar-refractivity contribution >= 4 is 40.0 Å². The first-order chi connectivity index (χ1) is 15.0. The minimum absolute atomic E-state index is 0.0477. The van der Waals surface area contributed by atoms with Gasteiger partial charge in [-0.05, 0) is 36.1 Å². The molecule has 4 aromatic rings. The van der Waals surface area contributed by atoms with Crippen LogP contribution in [0.15, 0.2) is 58.5 Å². The Bertz CT molecular complexity index is 1360. The van der Waals surface area contributed by atoms with Crippen LogP contribution >= 0.6 is 11.8 Å². The van der Waals surface area contributed by atoms with Gasteiger partial charge in [0.2, 0.25) is 11.7 Å². The first-order valence-electron chi connectivity index (χ1n) is 10.4. The zero-order valence-corrected chi connectivity index (χ0v) is 18.3. The van der Waals surface area contributed by atoms with E-state index >= 15 is 0 Å². The van der Waals surface area contributed by atoms with Crippen LogP contribution in [0, 0.1) is 5.92 Å². The second kappa shape index (κ2) is 7.85. The number of fused-ring (bicyclic) bond motifs is 4. The Labute approximate surface area is 183 Å². The van der Waals surface area contributed by atoms with E-state index in [9.17, 15) is 9.59 Å². The molecule has 1 aliphatic rings. The van der Waals surface area contributed by atoms with Crippen molar-refractivity contribution in [3.05, 3.63) is 64.4 Å². The van der Waals surface area contributed by atoms with Gasteiger partial charge in [-0.15, -0.1) is 10.2 Å². The third-order valence-corrected chi connectivity index (χ3v) is 6.45. The number of rotatable bonds is 5. The van der Waals surface area contributed by atoms with Crippen molar-refractivity contribution in [1.82, 2.24) is 19.2 Å². The smallest absolute Gasteiger partial charge is 0.262 e. The van der Waals surface area contributed by atoms with E-state index in [0.717, 1.165) is 17.6 Å². The van der Waals surface area contributed by atoms with Gasteiger partial charge in [0.1, 0.15) is 0 Å². The summed E-state index contributed by atoms with van der Waals surface area (Å²) in [5.41, 5.74) is 2.90. The predicted molar refractivity (Wildman–Crippen MR) is 123 cm³/mol. The number of hydrogen-bond acceptors (Lipinski definition) is 5. The van der Waals surface area contributed by atoms with Crippen molar-refractivity contribution in [1.29, 1.82) is 0 Å². The first-order valence-corrected chi connectivity index (χ1v) is 11.4. The third kappa shape index (κ3) is 3.40. The molecule has 1 aliphatic heterocycles. The van der Waals surface area contributed by atoms with Gasteiger partial charge in [-0.25, -0.2) is 0 Å². The molecule has 0 atom stereocenters. The number of carbonyl (C=O) groups is 1. The molecule has 0 saturated carbocycles. The number of anilines is 1. The van der Waals surface area contributed by atoms with E-state index in [0.29, 0.717) is 29.4 Å². The zero-order valence-electron chi connectivity index (χ0n) is 17.5. The van der Waals surface area contributed by atoms with Gasteiger partial charge in [-0.3, -0.25) is 18.6 Å². The molecule has 5 rings (SSSR count). The molecule has 31 heavy (non-hydrogen) atoms. The van der Waals surface area contributed by atoms with Crippen LogP contribution in [-0.4, -0.2) is 37.4 Å². The van der Waals surface area contributed by atoms with Crippen molar-refractivity contribution in [2.45, 2.75) is 32.0 Å². The van der Waals surface area contributed by atoms with Crippen LogP contribution in [0.2, 0.25) is 0 Å². The average molecular weight is 434 g/mol. The molecule has 158 valence electrons. The van der Waals surface area contributed by atoms with Gasteiger partial charge in [0.25, 0.3) is 5.56 Å². The number of thioether (sulfide) groups is 1. The number of aromatic nitrogens is 4. The van der Waals surface area contributed by atoms with Gasteiger partial charge >= 0.3 is 0 Å². The molecule has 0 saturated heterocycles. The number of hydrogen-bond donors (Lipinski definition) is 0. The molecule has 7 nitrogen and oxygen atoms in total. The molecule has 0 fully saturated rings. The topological polar surface area (TPSA) is 72.5 Å². The maximum absolute atomic E-state index is 13.1. The summed E-state index contributed by atoms with van der Waals surface area (Å²) in [6, 6.07) is 15.5. The highest BCUT2D eigenvalue weighted by Gasteiger charge is 2.25. The van der Waals surface area contributed by atoms with Crippen LogP contribution in [0.25, 0.3) is 16.7 Å². The Morgan fingerprint density at radius 1 is 1.10 bits per heavy atom. The summed E-state index contributed by atoms with van der Waals surface area (Å²) >= 11 is 1.36. The van der Waals surface area contributed by atoms with Crippen molar-refractivity contribution in [2.75, 3.05) is 17.2 Å². The number of nitrogens with zero attached hydrogens (tertiary/aromatic N) is 5. The van der Waals surface area contributed by atoms with Gasteiger partial charge in [-0.1, -0.05) is 55.9 Å². The lowest BCUT2D eigenvalue weighted by molar-refractivity contribution is -0.116. The van der Waals surface area contributed by atoms with Crippen molar-refractivity contribution in [3.63, 3.8) is 0 Å².